The van der Waals surface area contributed by atoms with Crippen molar-refractivity contribution in [2.75, 3.05) is 13.2 Å². The number of carbonyl (C=O) groups is 2. The monoisotopic (exact) mass is 942 g/mol. The molecule has 1 amide bonds. The van der Waals surface area contributed by atoms with E-state index in [4.69, 9.17) is 4.74 Å². The topological polar surface area (TPSA) is 95.9 Å². The Bertz CT molecular complexity index is 1090. The van der Waals surface area contributed by atoms with E-state index < -0.39 is 12.1 Å². The number of amides is 1. The predicted molar refractivity (Wildman–Crippen MR) is 292 cm³/mol. The summed E-state index contributed by atoms with van der Waals surface area (Å²) >= 11 is 0. The third-order valence-corrected chi connectivity index (χ3v) is 13.6. The zero-order chi connectivity index (χ0) is 48.6. The molecule has 0 spiro atoms. The van der Waals surface area contributed by atoms with Gasteiger partial charge in [-0.1, -0.05) is 256 Å². The maximum atomic E-state index is 12.5. The van der Waals surface area contributed by atoms with Crippen LogP contribution in [-0.4, -0.2) is 47.4 Å². The van der Waals surface area contributed by atoms with Crippen LogP contribution in [0.15, 0.2) is 36.5 Å². The lowest BCUT2D eigenvalue weighted by molar-refractivity contribution is -0.143. The van der Waals surface area contributed by atoms with Gasteiger partial charge in [0.2, 0.25) is 5.91 Å². The summed E-state index contributed by atoms with van der Waals surface area (Å²) in [5, 5.41) is 23.1. The van der Waals surface area contributed by atoms with Gasteiger partial charge >= 0.3 is 5.97 Å². The zero-order valence-corrected chi connectivity index (χ0v) is 44.9. The molecule has 6 heteroatoms. The number of rotatable bonds is 55. The SMILES string of the molecule is CCCCCCCC/C=C\CCCCCCCCCC(=O)OCCCCCCCCC/C=C\CCCCCCCC(=O)NC(CO)C(O)/C=C/CCCCCCCCCCCCCCCCC. The maximum Gasteiger partial charge on any atom is 0.305 e. The van der Waals surface area contributed by atoms with Crippen LogP contribution in [0.5, 0.6) is 0 Å². The molecule has 0 saturated heterocycles. The third kappa shape index (κ3) is 53.3. The largest absolute Gasteiger partial charge is 0.466 e. The quantitative estimate of drug-likeness (QED) is 0.0321. The van der Waals surface area contributed by atoms with E-state index >= 15 is 0 Å². The summed E-state index contributed by atoms with van der Waals surface area (Å²) in [5.74, 6) is -0.0911. The number of hydrogen-bond donors (Lipinski definition) is 3. The van der Waals surface area contributed by atoms with Crippen molar-refractivity contribution in [1.29, 1.82) is 0 Å². The van der Waals surface area contributed by atoms with Gasteiger partial charge in [0.05, 0.1) is 25.4 Å². The molecule has 0 bridgehead atoms. The Hall–Kier alpha value is -1.92. The lowest BCUT2D eigenvalue weighted by atomic mass is 10.0. The first-order valence-corrected chi connectivity index (χ1v) is 29.8. The van der Waals surface area contributed by atoms with Gasteiger partial charge in [0.15, 0.2) is 0 Å². The van der Waals surface area contributed by atoms with Crippen LogP contribution < -0.4 is 5.32 Å². The number of carbonyl (C=O) groups excluding carboxylic acids is 2. The minimum Gasteiger partial charge on any atom is -0.466 e. The molecule has 0 radical (unpaired) electrons. The van der Waals surface area contributed by atoms with Crippen molar-refractivity contribution in [2.24, 2.45) is 0 Å². The van der Waals surface area contributed by atoms with Crippen LogP contribution in [0.1, 0.15) is 316 Å². The third-order valence-electron chi connectivity index (χ3n) is 13.6. The second-order valence-corrected chi connectivity index (χ2v) is 20.3. The number of nitrogens with one attached hydrogen (secondary N) is 1. The van der Waals surface area contributed by atoms with Crippen LogP contribution in [0.3, 0.4) is 0 Å². The Balaban J connectivity index is 3.49. The van der Waals surface area contributed by atoms with Crippen molar-refractivity contribution in [1.82, 2.24) is 5.32 Å². The smallest absolute Gasteiger partial charge is 0.305 e. The molecule has 0 saturated carbocycles. The van der Waals surface area contributed by atoms with Gasteiger partial charge < -0.3 is 20.3 Å². The van der Waals surface area contributed by atoms with Crippen molar-refractivity contribution in [3.05, 3.63) is 36.5 Å². The molecule has 2 atom stereocenters. The summed E-state index contributed by atoms with van der Waals surface area (Å²) < 4.78 is 5.48. The van der Waals surface area contributed by atoms with Crippen molar-refractivity contribution in [3.8, 4) is 0 Å². The first-order chi connectivity index (χ1) is 33.0. The summed E-state index contributed by atoms with van der Waals surface area (Å²) in [4.78, 5) is 24.5. The Labute approximate surface area is 417 Å². The molecular formula is C61H115NO5. The highest BCUT2D eigenvalue weighted by Gasteiger charge is 2.18. The molecular weight excluding hydrogens is 827 g/mol. The van der Waals surface area contributed by atoms with Crippen LogP contribution in [0, 0.1) is 0 Å². The van der Waals surface area contributed by atoms with Crippen molar-refractivity contribution < 1.29 is 24.5 Å². The van der Waals surface area contributed by atoms with Gasteiger partial charge in [-0.25, -0.2) is 0 Å². The van der Waals surface area contributed by atoms with Crippen LogP contribution in [0.25, 0.3) is 0 Å². The van der Waals surface area contributed by atoms with E-state index in [1.54, 1.807) is 6.08 Å². The molecule has 2 unspecified atom stereocenters. The Morgan fingerprint density at radius 3 is 1.06 bits per heavy atom. The number of unbranched alkanes of at least 4 members (excludes halogenated alkanes) is 40. The molecule has 0 aliphatic rings. The van der Waals surface area contributed by atoms with E-state index in [-0.39, 0.29) is 18.5 Å². The molecule has 0 aromatic carbocycles. The van der Waals surface area contributed by atoms with Crippen molar-refractivity contribution in [2.45, 2.75) is 328 Å². The normalized spacial score (nSPS) is 12.8. The first-order valence-electron chi connectivity index (χ1n) is 29.8. The van der Waals surface area contributed by atoms with Gasteiger partial charge in [-0.3, -0.25) is 9.59 Å². The molecule has 0 heterocycles. The zero-order valence-electron chi connectivity index (χ0n) is 44.9. The van der Waals surface area contributed by atoms with Crippen LogP contribution in [-0.2, 0) is 14.3 Å². The predicted octanol–water partition coefficient (Wildman–Crippen LogP) is 18.4. The molecule has 6 nitrogen and oxygen atoms in total. The Morgan fingerprint density at radius 2 is 0.701 bits per heavy atom. The van der Waals surface area contributed by atoms with Gasteiger partial charge in [0.25, 0.3) is 0 Å². The summed E-state index contributed by atoms with van der Waals surface area (Å²) in [5.41, 5.74) is 0. The summed E-state index contributed by atoms with van der Waals surface area (Å²) in [6.45, 7) is 4.89. The molecule has 0 aliphatic heterocycles. The molecule has 0 aliphatic carbocycles. The van der Waals surface area contributed by atoms with Crippen LogP contribution >= 0.6 is 0 Å². The summed E-state index contributed by atoms with van der Waals surface area (Å²) in [6.07, 6.45) is 70.2. The van der Waals surface area contributed by atoms with Crippen LogP contribution in [0.2, 0.25) is 0 Å². The number of aliphatic hydroxyl groups is 2. The minimum atomic E-state index is -0.856. The van der Waals surface area contributed by atoms with Gasteiger partial charge in [-0.2, -0.15) is 0 Å². The lowest BCUT2D eigenvalue weighted by Gasteiger charge is -2.20. The molecule has 3 N–H and O–H groups in total. The molecule has 0 aromatic rings. The Kier molecular flexibility index (Phi) is 55.0. The van der Waals surface area contributed by atoms with E-state index in [9.17, 15) is 19.8 Å². The standard InChI is InChI=1S/C61H115NO5/c1-3-5-7-9-11-13-15-17-19-21-25-29-33-37-41-45-49-53-59(64)58(57-63)62-60(65)54-50-46-42-38-34-30-26-23-24-28-32-36-40-44-48-52-56-67-61(66)55-51-47-43-39-35-31-27-22-20-18-16-14-12-10-8-6-4-2/h18,20,23,26,49,53,58-59,63-64H,3-17,19,21-22,24-25,27-48,50-52,54-57H2,1-2H3,(H,62,65)/b20-18-,26-23-,53-49+. The number of ether oxygens (including phenoxy) is 1. The highest BCUT2D eigenvalue weighted by molar-refractivity contribution is 5.76. The Morgan fingerprint density at radius 1 is 0.403 bits per heavy atom. The van der Waals surface area contributed by atoms with Gasteiger partial charge in [-0.15, -0.1) is 0 Å². The second-order valence-electron chi connectivity index (χ2n) is 20.3. The van der Waals surface area contributed by atoms with E-state index in [0.717, 1.165) is 64.2 Å². The maximum absolute atomic E-state index is 12.5. The number of allylic oxidation sites excluding steroid dienone is 5. The fourth-order valence-corrected chi connectivity index (χ4v) is 9.03. The fourth-order valence-electron chi connectivity index (χ4n) is 9.03. The second kappa shape index (κ2) is 56.7. The highest BCUT2D eigenvalue weighted by atomic mass is 16.5. The van der Waals surface area contributed by atoms with Crippen LogP contribution in [0.4, 0.5) is 0 Å². The number of esters is 1. The average Bonchev–Trinajstić information content (AvgIpc) is 3.33. The first kappa shape index (κ1) is 65.1. The molecule has 0 fully saturated rings. The molecule has 394 valence electrons. The van der Waals surface area contributed by atoms with E-state index in [0.29, 0.717) is 19.4 Å². The van der Waals surface area contributed by atoms with Gasteiger partial charge in [0.1, 0.15) is 0 Å². The molecule has 0 aromatic heterocycles. The minimum absolute atomic E-state index is 0.00718. The number of hydrogen-bond acceptors (Lipinski definition) is 5. The van der Waals surface area contributed by atoms with Gasteiger partial charge in [0, 0.05) is 12.8 Å². The van der Waals surface area contributed by atoms with E-state index in [2.05, 4.69) is 43.5 Å². The van der Waals surface area contributed by atoms with Crippen molar-refractivity contribution in [3.63, 3.8) is 0 Å². The van der Waals surface area contributed by atoms with E-state index in [1.807, 2.05) is 6.08 Å². The van der Waals surface area contributed by atoms with Crippen molar-refractivity contribution >= 4 is 11.9 Å². The summed E-state index contributed by atoms with van der Waals surface area (Å²) in [7, 11) is 0. The van der Waals surface area contributed by atoms with E-state index in [1.165, 1.54) is 225 Å². The number of aliphatic hydroxyl groups excluding tert-OH is 2. The lowest BCUT2D eigenvalue weighted by Crippen LogP contribution is -2.45. The highest BCUT2D eigenvalue weighted by Crippen LogP contribution is 2.16. The molecule has 0 rings (SSSR count). The molecule has 67 heavy (non-hydrogen) atoms. The average molecular weight is 943 g/mol. The fraction of sp³-hybridized carbons (Fsp3) is 0.869. The van der Waals surface area contributed by atoms with Gasteiger partial charge in [-0.05, 0) is 83.5 Å². The summed E-state index contributed by atoms with van der Waals surface area (Å²) in [6, 6.07) is -0.641.